The molecule has 1 unspecified atom stereocenters. The van der Waals surface area contributed by atoms with Gasteiger partial charge in [-0.3, -0.25) is 9.59 Å². The molecule has 1 atom stereocenters. The van der Waals surface area contributed by atoms with Gasteiger partial charge in [0, 0.05) is 37.7 Å². The fourth-order valence-electron chi connectivity index (χ4n) is 3.01. The molecule has 2 amide bonds. The van der Waals surface area contributed by atoms with Gasteiger partial charge in [0.15, 0.2) is 0 Å². The van der Waals surface area contributed by atoms with Crippen LogP contribution in [0.5, 0.6) is 0 Å². The number of amides is 2. The van der Waals surface area contributed by atoms with Gasteiger partial charge in [-0.1, -0.05) is 25.1 Å². The van der Waals surface area contributed by atoms with Gasteiger partial charge in [0.05, 0.1) is 0 Å². The lowest BCUT2D eigenvalue weighted by atomic mass is 10.0. The van der Waals surface area contributed by atoms with E-state index >= 15 is 0 Å². The van der Waals surface area contributed by atoms with E-state index < -0.39 is 0 Å². The summed E-state index contributed by atoms with van der Waals surface area (Å²) in [5.41, 5.74) is 7.68. The molecule has 1 aromatic rings. The number of nitrogens with two attached hydrogens (primary N) is 1. The predicted octanol–water partition coefficient (Wildman–Crippen LogP) is 2.53. The molecule has 134 valence electrons. The fraction of sp³-hybridized carbons (Fsp3) is 0.556. The first-order valence-electron chi connectivity index (χ1n) is 8.50. The molecule has 3 N–H and O–H groups in total. The number of hydrogen-bond donors (Lipinski definition) is 2. The van der Waals surface area contributed by atoms with Crippen LogP contribution in [0.1, 0.15) is 44.6 Å². The van der Waals surface area contributed by atoms with E-state index in [1.165, 1.54) is 0 Å². The number of carbonyl (C=O) groups excluding carboxylic acids is 2. The van der Waals surface area contributed by atoms with Crippen molar-refractivity contribution in [3.8, 4) is 0 Å². The number of anilines is 1. The van der Waals surface area contributed by atoms with E-state index in [9.17, 15) is 9.59 Å². The average Bonchev–Trinajstić information content (AvgIpc) is 2.54. The Kier molecular flexibility index (Phi) is 8.61. The van der Waals surface area contributed by atoms with Crippen molar-refractivity contribution >= 4 is 29.9 Å². The molecule has 0 aromatic heterocycles. The number of benzene rings is 1. The van der Waals surface area contributed by atoms with Crippen LogP contribution in [0.2, 0.25) is 0 Å². The lowest BCUT2D eigenvalue weighted by Gasteiger charge is -2.33. The maximum absolute atomic E-state index is 12.4. The fourth-order valence-corrected chi connectivity index (χ4v) is 3.01. The van der Waals surface area contributed by atoms with Crippen LogP contribution in [-0.2, 0) is 16.0 Å². The van der Waals surface area contributed by atoms with Crippen LogP contribution in [-0.4, -0.2) is 35.8 Å². The molecule has 1 aliphatic rings. The first-order chi connectivity index (χ1) is 11.1. The van der Waals surface area contributed by atoms with Crippen LogP contribution in [0, 0.1) is 0 Å². The highest BCUT2D eigenvalue weighted by Gasteiger charge is 2.24. The van der Waals surface area contributed by atoms with Gasteiger partial charge in [-0.05, 0) is 37.3 Å². The first kappa shape index (κ1) is 20.3. The minimum absolute atomic E-state index is 0. The van der Waals surface area contributed by atoms with E-state index in [4.69, 9.17) is 5.73 Å². The van der Waals surface area contributed by atoms with E-state index in [0.29, 0.717) is 25.8 Å². The van der Waals surface area contributed by atoms with Gasteiger partial charge in [0.1, 0.15) is 0 Å². The van der Waals surface area contributed by atoms with Crippen molar-refractivity contribution in [1.29, 1.82) is 0 Å². The zero-order valence-electron chi connectivity index (χ0n) is 14.3. The largest absolute Gasteiger partial charge is 0.399 e. The van der Waals surface area contributed by atoms with Crippen LogP contribution >= 0.6 is 12.4 Å². The Morgan fingerprint density at radius 3 is 2.75 bits per heavy atom. The van der Waals surface area contributed by atoms with Crippen molar-refractivity contribution < 1.29 is 9.59 Å². The van der Waals surface area contributed by atoms with Crippen LogP contribution in [0.4, 0.5) is 5.69 Å². The minimum atomic E-state index is 0. The van der Waals surface area contributed by atoms with Crippen molar-refractivity contribution in [3.63, 3.8) is 0 Å². The summed E-state index contributed by atoms with van der Waals surface area (Å²) in [6.07, 6.45) is 4.41. The SMILES string of the molecule is CCCC(=O)NC1CCCN(C(=O)CCc2ccccc2N)C1.Cl. The number of hydrogen-bond acceptors (Lipinski definition) is 3. The summed E-state index contributed by atoms with van der Waals surface area (Å²) < 4.78 is 0. The third-order valence-corrected chi connectivity index (χ3v) is 4.28. The number of carbonyl (C=O) groups is 2. The highest BCUT2D eigenvalue weighted by molar-refractivity contribution is 5.85. The van der Waals surface area contributed by atoms with Gasteiger partial charge < -0.3 is 16.0 Å². The van der Waals surface area contributed by atoms with Gasteiger partial charge >= 0.3 is 0 Å². The Morgan fingerprint density at radius 2 is 2.04 bits per heavy atom. The number of para-hydroxylation sites is 1. The molecule has 1 aliphatic heterocycles. The zero-order chi connectivity index (χ0) is 16.7. The van der Waals surface area contributed by atoms with E-state index in [-0.39, 0.29) is 30.3 Å². The summed E-state index contributed by atoms with van der Waals surface area (Å²) in [7, 11) is 0. The number of halogens is 1. The van der Waals surface area contributed by atoms with E-state index in [0.717, 1.165) is 37.1 Å². The van der Waals surface area contributed by atoms with Crippen molar-refractivity contribution in [2.24, 2.45) is 0 Å². The average molecular weight is 354 g/mol. The molecule has 0 spiro atoms. The highest BCUT2D eigenvalue weighted by Crippen LogP contribution is 2.16. The molecule has 1 fully saturated rings. The van der Waals surface area contributed by atoms with Crippen molar-refractivity contribution in [2.75, 3.05) is 18.8 Å². The van der Waals surface area contributed by atoms with Gasteiger partial charge in [-0.2, -0.15) is 0 Å². The zero-order valence-corrected chi connectivity index (χ0v) is 15.1. The Bertz CT molecular complexity index is 551. The van der Waals surface area contributed by atoms with Crippen molar-refractivity contribution in [1.82, 2.24) is 10.2 Å². The van der Waals surface area contributed by atoms with Gasteiger partial charge in [0.25, 0.3) is 0 Å². The second-order valence-electron chi connectivity index (χ2n) is 6.20. The van der Waals surface area contributed by atoms with Gasteiger partial charge in [0.2, 0.25) is 11.8 Å². The lowest BCUT2D eigenvalue weighted by molar-refractivity contribution is -0.133. The number of likely N-dealkylation sites (tertiary alicyclic amines) is 1. The minimum Gasteiger partial charge on any atom is -0.399 e. The molecule has 2 rings (SSSR count). The van der Waals surface area contributed by atoms with Gasteiger partial charge in [-0.15, -0.1) is 12.4 Å². The number of aryl methyl sites for hydroxylation is 1. The first-order valence-corrected chi connectivity index (χ1v) is 8.50. The summed E-state index contributed by atoms with van der Waals surface area (Å²) in [4.78, 5) is 26.0. The molecule has 24 heavy (non-hydrogen) atoms. The second kappa shape index (κ2) is 10.2. The quantitative estimate of drug-likeness (QED) is 0.771. The third kappa shape index (κ3) is 6.04. The normalized spacial score (nSPS) is 17.0. The molecule has 0 aliphatic carbocycles. The maximum Gasteiger partial charge on any atom is 0.222 e. The highest BCUT2D eigenvalue weighted by atomic mass is 35.5. The monoisotopic (exact) mass is 353 g/mol. The summed E-state index contributed by atoms with van der Waals surface area (Å²) in [5.74, 6) is 0.228. The summed E-state index contributed by atoms with van der Waals surface area (Å²) >= 11 is 0. The standard InChI is InChI=1S/C18H27N3O2.ClH/c1-2-6-17(22)20-15-8-5-12-21(13-15)18(23)11-10-14-7-3-4-9-16(14)19;/h3-4,7,9,15H,2,5-6,8,10-13,19H2,1H3,(H,20,22);1H. The predicted molar refractivity (Wildman–Crippen MR) is 99.1 cm³/mol. The topological polar surface area (TPSA) is 75.4 Å². The third-order valence-electron chi connectivity index (χ3n) is 4.28. The molecule has 0 radical (unpaired) electrons. The number of rotatable bonds is 6. The van der Waals surface area contributed by atoms with Crippen molar-refractivity contribution in [3.05, 3.63) is 29.8 Å². The van der Waals surface area contributed by atoms with Crippen LogP contribution in [0.3, 0.4) is 0 Å². The molecule has 1 saturated heterocycles. The van der Waals surface area contributed by atoms with Crippen LogP contribution in [0.15, 0.2) is 24.3 Å². The van der Waals surface area contributed by atoms with E-state index in [1.807, 2.05) is 36.1 Å². The number of nitrogens with zero attached hydrogens (tertiary/aromatic N) is 1. The molecule has 0 saturated carbocycles. The Hall–Kier alpha value is -1.75. The van der Waals surface area contributed by atoms with Crippen molar-refractivity contribution in [2.45, 2.75) is 51.5 Å². The van der Waals surface area contributed by atoms with Crippen LogP contribution < -0.4 is 11.1 Å². The summed E-state index contributed by atoms with van der Waals surface area (Å²) in [5, 5.41) is 3.03. The number of nitrogens with one attached hydrogen (secondary N) is 1. The molecule has 6 heteroatoms. The molecule has 1 heterocycles. The van der Waals surface area contributed by atoms with Gasteiger partial charge in [-0.25, -0.2) is 0 Å². The Labute approximate surface area is 150 Å². The summed E-state index contributed by atoms with van der Waals surface area (Å²) in [6.45, 7) is 3.40. The molecule has 1 aromatic carbocycles. The molecular weight excluding hydrogens is 326 g/mol. The Balaban J connectivity index is 0.00000288. The van der Waals surface area contributed by atoms with E-state index in [2.05, 4.69) is 5.32 Å². The summed E-state index contributed by atoms with van der Waals surface area (Å²) in [6, 6.07) is 7.76. The number of piperidine rings is 1. The van der Waals surface area contributed by atoms with E-state index in [1.54, 1.807) is 0 Å². The maximum atomic E-state index is 12.4. The second-order valence-corrected chi connectivity index (χ2v) is 6.20. The molecule has 0 bridgehead atoms. The lowest BCUT2D eigenvalue weighted by Crippen LogP contribution is -2.49. The molecular formula is C18H28ClN3O2. The van der Waals surface area contributed by atoms with Crippen LogP contribution in [0.25, 0.3) is 0 Å². The smallest absolute Gasteiger partial charge is 0.222 e. The molecule has 5 nitrogen and oxygen atoms in total. The number of nitrogen functional groups attached to an aromatic ring is 1. The Morgan fingerprint density at radius 1 is 1.29 bits per heavy atom.